The third-order valence-electron chi connectivity index (χ3n) is 6.77. The number of nitrogens with two attached hydrogens (primary N) is 1. The van der Waals surface area contributed by atoms with E-state index in [9.17, 15) is 4.79 Å². The Morgan fingerprint density at radius 1 is 1.18 bits per heavy atom. The molecule has 0 spiro atoms. The Bertz CT molecular complexity index is 1360. The number of nitrogens with one attached hydrogen (secondary N) is 1. The number of benzene rings is 1. The van der Waals surface area contributed by atoms with E-state index in [2.05, 4.69) is 39.1 Å². The summed E-state index contributed by atoms with van der Waals surface area (Å²) in [6.45, 7) is 4.53. The molecule has 1 saturated carbocycles. The van der Waals surface area contributed by atoms with Crippen LogP contribution in [0.25, 0.3) is 16.7 Å². The van der Waals surface area contributed by atoms with Crippen LogP contribution in [0.1, 0.15) is 55.1 Å². The number of aromatic nitrogens is 3. The molecule has 0 atom stereocenters. The number of carbonyl (C=O) groups excluding carboxylic acids is 1. The standard InChI is InChI=1S/C29H34N6O3/c1-18(2)25-15-32-16-26(34-25)35-27(31-3)23(13-30)24-9-6-19(14-33-24)22-8-7-21(12-20(22)17-37-4)29(10-11-29)28(36)38-5/h6-9,12-16,18H,10-11,17,30H2,1-5H3,(H,31,34,35). The molecule has 0 unspecified atom stereocenters. The van der Waals surface area contributed by atoms with Gasteiger partial charge in [-0.1, -0.05) is 38.1 Å². The summed E-state index contributed by atoms with van der Waals surface area (Å²) in [5.74, 6) is 1.17. The average molecular weight is 515 g/mol. The molecule has 1 aliphatic rings. The van der Waals surface area contributed by atoms with Crippen LogP contribution >= 0.6 is 0 Å². The fraction of sp³-hybridized carbons (Fsp3) is 0.345. The Morgan fingerprint density at radius 3 is 2.55 bits per heavy atom. The number of hydrogen-bond acceptors (Lipinski definition) is 8. The minimum Gasteiger partial charge on any atom is -0.468 e. The highest BCUT2D eigenvalue weighted by atomic mass is 16.5. The van der Waals surface area contributed by atoms with Crippen LogP contribution in [0.4, 0.5) is 5.82 Å². The van der Waals surface area contributed by atoms with Crippen molar-refractivity contribution in [3.8, 4) is 11.1 Å². The maximum atomic E-state index is 12.4. The molecule has 2 heterocycles. The lowest BCUT2D eigenvalue weighted by atomic mass is 9.90. The molecule has 3 aromatic rings. The van der Waals surface area contributed by atoms with Gasteiger partial charge in [0.2, 0.25) is 0 Å². The van der Waals surface area contributed by atoms with Crippen molar-refractivity contribution in [2.45, 2.75) is 44.6 Å². The van der Waals surface area contributed by atoms with Crippen molar-refractivity contribution >= 4 is 23.2 Å². The number of ether oxygens (including phenoxy) is 2. The zero-order chi connectivity index (χ0) is 27.3. The first-order valence-corrected chi connectivity index (χ1v) is 12.5. The van der Waals surface area contributed by atoms with Crippen LogP contribution in [-0.2, 0) is 26.3 Å². The van der Waals surface area contributed by atoms with Gasteiger partial charge in [-0.2, -0.15) is 0 Å². The Labute approximate surface area is 223 Å². The fourth-order valence-corrected chi connectivity index (χ4v) is 4.46. The second-order valence-electron chi connectivity index (χ2n) is 9.57. The molecular formula is C29H34N6O3. The van der Waals surface area contributed by atoms with Gasteiger partial charge in [0.1, 0.15) is 11.7 Å². The van der Waals surface area contributed by atoms with E-state index < -0.39 is 5.41 Å². The molecule has 2 aromatic heterocycles. The predicted molar refractivity (Wildman–Crippen MR) is 149 cm³/mol. The SMILES string of the molecule is CN=C(Nc1cncc(C(C)C)n1)C(=CN)c1ccc(-c2ccc(C3(C(=O)OC)CC3)cc2COC)cn1. The van der Waals surface area contributed by atoms with Gasteiger partial charge in [0.05, 0.1) is 42.3 Å². The van der Waals surface area contributed by atoms with Gasteiger partial charge in [-0.15, -0.1) is 0 Å². The molecular weight excluding hydrogens is 480 g/mol. The predicted octanol–water partition coefficient (Wildman–Crippen LogP) is 4.45. The quantitative estimate of drug-likeness (QED) is 0.244. The third-order valence-corrected chi connectivity index (χ3v) is 6.77. The normalized spacial score (nSPS) is 14.9. The summed E-state index contributed by atoms with van der Waals surface area (Å²) in [5, 5.41) is 3.22. The number of esters is 1. The minimum atomic E-state index is -0.541. The fourth-order valence-electron chi connectivity index (χ4n) is 4.46. The van der Waals surface area contributed by atoms with E-state index in [1.807, 2.05) is 30.3 Å². The average Bonchev–Trinajstić information content (AvgIpc) is 3.75. The number of nitrogens with zero attached hydrogens (tertiary/aromatic N) is 4. The van der Waals surface area contributed by atoms with Gasteiger partial charge in [0.15, 0.2) is 0 Å². The lowest BCUT2D eigenvalue weighted by Gasteiger charge is -2.17. The molecule has 4 rings (SSSR count). The summed E-state index contributed by atoms with van der Waals surface area (Å²) in [7, 11) is 4.77. The largest absolute Gasteiger partial charge is 0.468 e. The third kappa shape index (κ3) is 5.43. The zero-order valence-electron chi connectivity index (χ0n) is 22.5. The van der Waals surface area contributed by atoms with Crippen molar-refractivity contribution in [1.82, 2.24) is 15.0 Å². The highest BCUT2D eigenvalue weighted by Crippen LogP contribution is 2.50. The molecule has 0 radical (unpaired) electrons. The molecule has 3 N–H and O–H groups in total. The molecule has 0 amide bonds. The molecule has 1 fully saturated rings. The second kappa shape index (κ2) is 11.5. The van der Waals surface area contributed by atoms with E-state index in [1.165, 1.54) is 13.3 Å². The highest BCUT2D eigenvalue weighted by molar-refractivity contribution is 6.27. The number of carbonyl (C=O) groups is 1. The van der Waals surface area contributed by atoms with E-state index in [0.29, 0.717) is 29.5 Å². The van der Waals surface area contributed by atoms with Gasteiger partial charge in [0, 0.05) is 38.3 Å². The number of rotatable bonds is 9. The molecule has 1 aliphatic carbocycles. The Hall–Kier alpha value is -4.11. The van der Waals surface area contributed by atoms with Crippen LogP contribution in [-0.4, -0.2) is 48.0 Å². The van der Waals surface area contributed by atoms with E-state index >= 15 is 0 Å². The van der Waals surface area contributed by atoms with E-state index in [1.54, 1.807) is 32.7 Å². The molecule has 198 valence electrons. The Kier molecular flexibility index (Phi) is 8.16. The Morgan fingerprint density at radius 2 is 1.97 bits per heavy atom. The van der Waals surface area contributed by atoms with Crippen LogP contribution in [0, 0.1) is 0 Å². The van der Waals surface area contributed by atoms with Crippen LogP contribution < -0.4 is 11.1 Å². The van der Waals surface area contributed by atoms with Gasteiger partial charge in [-0.25, -0.2) is 4.98 Å². The lowest BCUT2D eigenvalue weighted by Crippen LogP contribution is -2.22. The van der Waals surface area contributed by atoms with Crippen LogP contribution in [0.15, 0.2) is 60.1 Å². The van der Waals surface area contributed by atoms with Gasteiger partial charge in [-0.3, -0.25) is 19.8 Å². The zero-order valence-corrected chi connectivity index (χ0v) is 22.5. The number of amidine groups is 1. The summed E-state index contributed by atoms with van der Waals surface area (Å²) in [5.41, 5.74) is 11.5. The van der Waals surface area contributed by atoms with Crippen LogP contribution in [0.2, 0.25) is 0 Å². The molecule has 0 saturated heterocycles. The van der Waals surface area contributed by atoms with Crippen molar-refractivity contribution in [3.63, 3.8) is 0 Å². The first-order chi connectivity index (χ1) is 18.4. The molecule has 0 aliphatic heterocycles. The molecule has 9 heteroatoms. The number of hydrogen-bond donors (Lipinski definition) is 2. The summed E-state index contributed by atoms with van der Waals surface area (Å²) in [4.78, 5) is 30.3. The maximum absolute atomic E-state index is 12.4. The van der Waals surface area contributed by atoms with Crippen molar-refractivity contribution in [2.24, 2.45) is 10.7 Å². The first kappa shape index (κ1) is 26.9. The lowest BCUT2D eigenvalue weighted by molar-refractivity contribution is -0.143. The molecule has 38 heavy (non-hydrogen) atoms. The van der Waals surface area contributed by atoms with E-state index in [-0.39, 0.29) is 11.9 Å². The first-order valence-electron chi connectivity index (χ1n) is 12.5. The Balaban J connectivity index is 1.60. The molecule has 9 nitrogen and oxygen atoms in total. The van der Waals surface area contributed by atoms with Crippen LogP contribution in [0.5, 0.6) is 0 Å². The highest BCUT2D eigenvalue weighted by Gasteiger charge is 2.52. The summed E-state index contributed by atoms with van der Waals surface area (Å²) < 4.78 is 10.5. The van der Waals surface area contributed by atoms with Crippen LogP contribution in [0.3, 0.4) is 0 Å². The van der Waals surface area contributed by atoms with Crippen molar-refractivity contribution in [2.75, 3.05) is 26.6 Å². The van der Waals surface area contributed by atoms with E-state index in [0.717, 1.165) is 40.8 Å². The van der Waals surface area contributed by atoms with Crippen molar-refractivity contribution in [3.05, 3.63) is 77.6 Å². The number of aliphatic imine (C=N–C) groups is 1. The van der Waals surface area contributed by atoms with Gasteiger partial charge < -0.3 is 20.5 Å². The van der Waals surface area contributed by atoms with Crippen molar-refractivity contribution < 1.29 is 14.3 Å². The summed E-state index contributed by atoms with van der Waals surface area (Å²) in [6.07, 6.45) is 8.26. The second-order valence-corrected chi connectivity index (χ2v) is 9.57. The maximum Gasteiger partial charge on any atom is 0.316 e. The smallest absolute Gasteiger partial charge is 0.316 e. The van der Waals surface area contributed by atoms with E-state index in [4.69, 9.17) is 15.2 Å². The van der Waals surface area contributed by atoms with Gasteiger partial charge in [-0.05, 0) is 41.5 Å². The number of pyridine rings is 1. The minimum absolute atomic E-state index is 0.190. The topological polar surface area (TPSA) is 125 Å². The van der Waals surface area contributed by atoms with Gasteiger partial charge >= 0.3 is 5.97 Å². The molecule has 0 bridgehead atoms. The molecule has 1 aromatic carbocycles. The van der Waals surface area contributed by atoms with Crippen molar-refractivity contribution in [1.29, 1.82) is 0 Å². The monoisotopic (exact) mass is 514 g/mol. The van der Waals surface area contributed by atoms with Gasteiger partial charge in [0.25, 0.3) is 0 Å². The summed E-state index contributed by atoms with van der Waals surface area (Å²) >= 11 is 0. The summed E-state index contributed by atoms with van der Waals surface area (Å²) in [6, 6.07) is 9.94. The number of methoxy groups -OCH3 is 2. The number of anilines is 1.